The van der Waals surface area contributed by atoms with E-state index in [4.69, 9.17) is 15.2 Å². The van der Waals surface area contributed by atoms with Gasteiger partial charge >= 0.3 is 6.09 Å². The lowest BCUT2D eigenvalue weighted by molar-refractivity contribution is 0.0235. The number of fused-ring (bicyclic) bond motifs is 1. The Bertz CT molecular complexity index is 569. The van der Waals surface area contributed by atoms with E-state index in [1.165, 1.54) is 13.2 Å². The molecular formula is C16H23FN2O3. The molecule has 0 spiro atoms. The van der Waals surface area contributed by atoms with Gasteiger partial charge in [0.25, 0.3) is 0 Å². The largest absolute Gasteiger partial charge is 0.494 e. The first-order valence-electron chi connectivity index (χ1n) is 7.31. The van der Waals surface area contributed by atoms with Crippen LogP contribution in [0.1, 0.15) is 44.4 Å². The van der Waals surface area contributed by atoms with Crippen LogP contribution in [0.3, 0.4) is 0 Å². The summed E-state index contributed by atoms with van der Waals surface area (Å²) in [6, 6.07) is 2.69. The average molecular weight is 310 g/mol. The van der Waals surface area contributed by atoms with Crippen molar-refractivity contribution in [3.05, 3.63) is 29.1 Å². The second kappa shape index (κ2) is 6.12. The molecule has 0 aliphatic carbocycles. The number of benzene rings is 1. The summed E-state index contributed by atoms with van der Waals surface area (Å²) >= 11 is 0. The van der Waals surface area contributed by atoms with Crippen molar-refractivity contribution in [3.8, 4) is 5.75 Å². The van der Waals surface area contributed by atoms with Crippen molar-refractivity contribution < 1.29 is 18.7 Å². The molecule has 6 heteroatoms. The number of nitrogens with two attached hydrogens (primary N) is 1. The standard InChI is InChI=1S/C16H23FN2O3/c1-16(2,3)22-15(20)19-6-5-13(18)11-8-12(17)14(21-4)7-10(11)9-19/h7-8,13H,5-6,9,18H2,1-4H3. The maximum Gasteiger partial charge on any atom is 0.410 e. The molecule has 1 unspecified atom stereocenters. The second-order valence-corrected chi connectivity index (χ2v) is 6.48. The van der Waals surface area contributed by atoms with E-state index in [0.29, 0.717) is 25.1 Å². The predicted molar refractivity (Wildman–Crippen MR) is 81.1 cm³/mol. The summed E-state index contributed by atoms with van der Waals surface area (Å²) in [5.41, 5.74) is 7.05. The van der Waals surface area contributed by atoms with E-state index in [2.05, 4.69) is 0 Å². The Labute approximate surface area is 130 Å². The third-order valence-corrected chi connectivity index (χ3v) is 3.54. The number of nitrogens with zero attached hydrogens (tertiary/aromatic N) is 1. The Hall–Kier alpha value is -1.82. The molecule has 122 valence electrons. The summed E-state index contributed by atoms with van der Waals surface area (Å²) in [4.78, 5) is 13.9. The normalized spacial score (nSPS) is 18.5. The van der Waals surface area contributed by atoms with Gasteiger partial charge in [-0.05, 0) is 50.5 Å². The Balaban J connectivity index is 2.29. The molecule has 2 N–H and O–H groups in total. The van der Waals surface area contributed by atoms with Gasteiger partial charge in [0.15, 0.2) is 11.6 Å². The molecule has 0 radical (unpaired) electrons. The van der Waals surface area contributed by atoms with E-state index < -0.39 is 17.5 Å². The first-order valence-corrected chi connectivity index (χ1v) is 7.31. The lowest BCUT2D eigenvalue weighted by Gasteiger charge is -2.26. The fraction of sp³-hybridized carbons (Fsp3) is 0.562. The number of hydrogen-bond acceptors (Lipinski definition) is 4. The zero-order valence-corrected chi connectivity index (χ0v) is 13.5. The van der Waals surface area contributed by atoms with E-state index >= 15 is 0 Å². The van der Waals surface area contributed by atoms with Gasteiger partial charge in [0.05, 0.1) is 7.11 Å². The summed E-state index contributed by atoms with van der Waals surface area (Å²) < 4.78 is 24.3. The third-order valence-electron chi connectivity index (χ3n) is 3.54. The molecule has 1 atom stereocenters. The Kier molecular flexibility index (Phi) is 4.60. The van der Waals surface area contributed by atoms with Crippen LogP contribution >= 0.6 is 0 Å². The van der Waals surface area contributed by atoms with E-state index in [9.17, 15) is 9.18 Å². The minimum Gasteiger partial charge on any atom is -0.494 e. The van der Waals surface area contributed by atoms with Crippen LogP contribution < -0.4 is 10.5 Å². The predicted octanol–water partition coefficient (Wildman–Crippen LogP) is 2.97. The highest BCUT2D eigenvalue weighted by molar-refractivity contribution is 5.68. The minimum atomic E-state index is -0.561. The zero-order chi connectivity index (χ0) is 16.5. The van der Waals surface area contributed by atoms with Crippen LogP contribution in [0, 0.1) is 5.82 Å². The van der Waals surface area contributed by atoms with Crippen molar-refractivity contribution in [3.63, 3.8) is 0 Å². The Morgan fingerprint density at radius 2 is 2.09 bits per heavy atom. The minimum absolute atomic E-state index is 0.150. The number of carbonyl (C=O) groups is 1. The maximum absolute atomic E-state index is 13.9. The van der Waals surface area contributed by atoms with Gasteiger partial charge in [0.2, 0.25) is 0 Å². The van der Waals surface area contributed by atoms with Crippen LogP contribution in [0.4, 0.5) is 9.18 Å². The number of ether oxygens (including phenoxy) is 2. The SMILES string of the molecule is COc1cc2c(cc1F)C(N)CCN(C(=O)OC(C)(C)C)C2. The molecule has 1 aliphatic rings. The van der Waals surface area contributed by atoms with E-state index in [0.717, 1.165) is 5.56 Å². The highest BCUT2D eigenvalue weighted by Crippen LogP contribution is 2.31. The molecule has 1 aliphatic heterocycles. The van der Waals surface area contributed by atoms with Crippen LogP contribution in [0.5, 0.6) is 5.75 Å². The van der Waals surface area contributed by atoms with Gasteiger partial charge in [0.1, 0.15) is 5.60 Å². The van der Waals surface area contributed by atoms with Crippen LogP contribution in [0.2, 0.25) is 0 Å². The molecule has 5 nitrogen and oxygen atoms in total. The zero-order valence-electron chi connectivity index (χ0n) is 13.5. The van der Waals surface area contributed by atoms with Gasteiger partial charge in [-0.2, -0.15) is 0 Å². The molecule has 1 aromatic rings. The van der Waals surface area contributed by atoms with Crippen LogP contribution in [-0.2, 0) is 11.3 Å². The van der Waals surface area contributed by atoms with Crippen molar-refractivity contribution in [1.29, 1.82) is 0 Å². The van der Waals surface area contributed by atoms with Gasteiger partial charge in [-0.25, -0.2) is 9.18 Å². The van der Waals surface area contributed by atoms with Crippen molar-refractivity contribution >= 4 is 6.09 Å². The molecule has 1 aromatic carbocycles. The summed E-state index contributed by atoms with van der Waals surface area (Å²) in [6.45, 7) is 6.26. The van der Waals surface area contributed by atoms with Gasteiger partial charge in [-0.15, -0.1) is 0 Å². The van der Waals surface area contributed by atoms with Crippen LogP contribution in [0.15, 0.2) is 12.1 Å². The topological polar surface area (TPSA) is 64.8 Å². The first-order chi connectivity index (χ1) is 10.2. The smallest absolute Gasteiger partial charge is 0.410 e. The average Bonchev–Trinajstić information content (AvgIpc) is 2.56. The van der Waals surface area contributed by atoms with E-state index in [1.54, 1.807) is 11.0 Å². The second-order valence-electron chi connectivity index (χ2n) is 6.48. The molecule has 22 heavy (non-hydrogen) atoms. The Morgan fingerprint density at radius 1 is 1.41 bits per heavy atom. The summed E-state index contributed by atoms with van der Waals surface area (Å²) in [7, 11) is 1.41. The van der Waals surface area contributed by atoms with Crippen molar-refractivity contribution in [2.24, 2.45) is 5.73 Å². The first kappa shape index (κ1) is 16.5. The number of amides is 1. The number of rotatable bonds is 1. The fourth-order valence-corrected chi connectivity index (χ4v) is 2.47. The van der Waals surface area contributed by atoms with Crippen molar-refractivity contribution in [1.82, 2.24) is 4.90 Å². The van der Waals surface area contributed by atoms with Crippen LogP contribution in [-0.4, -0.2) is 30.2 Å². The highest BCUT2D eigenvalue weighted by atomic mass is 19.1. The number of methoxy groups -OCH3 is 1. The quantitative estimate of drug-likeness (QED) is 0.866. The lowest BCUT2D eigenvalue weighted by atomic mass is 9.99. The molecule has 2 rings (SSSR count). The van der Waals surface area contributed by atoms with Crippen molar-refractivity contribution in [2.75, 3.05) is 13.7 Å². The summed E-state index contributed by atoms with van der Waals surface area (Å²) in [5.74, 6) is -0.292. The maximum atomic E-state index is 13.9. The molecule has 0 saturated heterocycles. The molecule has 0 aromatic heterocycles. The van der Waals surface area contributed by atoms with Gasteiger partial charge in [-0.3, -0.25) is 0 Å². The summed E-state index contributed by atoms with van der Waals surface area (Å²) in [6.07, 6.45) is 0.161. The number of hydrogen-bond donors (Lipinski definition) is 1. The molecular weight excluding hydrogens is 287 g/mol. The molecule has 1 amide bonds. The monoisotopic (exact) mass is 310 g/mol. The molecule has 0 fully saturated rings. The molecule has 1 heterocycles. The Morgan fingerprint density at radius 3 is 2.68 bits per heavy atom. The molecule has 0 saturated carbocycles. The lowest BCUT2D eigenvalue weighted by Crippen LogP contribution is -2.36. The van der Waals surface area contributed by atoms with Crippen LogP contribution in [0.25, 0.3) is 0 Å². The fourth-order valence-electron chi connectivity index (χ4n) is 2.47. The number of carbonyl (C=O) groups excluding carboxylic acids is 1. The van der Waals surface area contributed by atoms with Gasteiger partial charge in [0, 0.05) is 19.1 Å². The van der Waals surface area contributed by atoms with Gasteiger partial charge < -0.3 is 20.1 Å². The summed E-state index contributed by atoms with van der Waals surface area (Å²) in [5, 5.41) is 0. The third kappa shape index (κ3) is 3.68. The van der Waals surface area contributed by atoms with E-state index in [1.807, 2.05) is 20.8 Å². The van der Waals surface area contributed by atoms with E-state index in [-0.39, 0.29) is 11.8 Å². The highest BCUT2D eigenvalue weighted by Gasteiger charge is 2.28. The number of halogens is 1. The molecule has 0 bridgehead atoms. The van der Waals surface area contributed by atoms with Gasteiger partial charge in [-0.1, -0.05) is 0 Å². The van der Waals surface area contributed by atoms with Crippen molar-refractivity contribution in [2.45, 2.75) is 45.4 Å².